The molecule has 0 fully saturated rings. The van der Waals surface area contributed by atoms with Crippen LogP contribution in [0.4, 0.5) is 0 Å². The number of hydrogen-bond donors (Lipinski definition) is 0. The molecule has 1 rings (SSSR count). The van der Waals surface area contributed by atoms with Crippen LogP contribution in [-0.4, -0.2) is 31.4 Å². The normalized spacial score (nSPS) is 11.7. The largest absolute Gasteiger partial charge is 0.465 e. The predicted molar refractivity (Wildman–Crippen MR) is 64.6 cm³/mol. The third-order valence-corrected chi connectivity index (χ3v) is 2.52. The van der Waals surface area contributed by atoms with Gasteiger partial charge in [0, 0.05) is 6.42 Å². The van der Waals surface area contributed by atoms with Gasteiger partial charge in [-0.1, -0.05) is 0 Å². The van der Waals surface area contributed by atoms with E-state index in [0.29, 0.717) is 5.76 Å². The highest BCUT2D eigenvalue weighted by Crippen LogP contribution is 2.16. The zero-order valence-electron chi connectivity index (χ0n) is 11.1. The Morgan fingerprint density at radius 3 is 2.53 bits per heavy atom. The third kappa shape index (κ3) is 3.94. The van der Waals surface area contributed by atoms with Crippen LogP contribution in [0.1, 0.15) is 30.2 Å². The minimum absolute atomic E-state index is 0.0312. The lowest BCUT2D eigenvalue weighted by Crippen LogP contribution is -2.26. The van der Waals surface area contributed by atoms with Gasteiger partial charge in [0.25, 0.3) is 0 Å². The Labute approximate surface area is 110 Å². The van der Waals surface area contributed by atoms with Crippen LogP contribution in [0.2, 0.25) is 0 Å². The number of ketones is 1. The molecule has 19 heavy (non-hydrogen) atoms. The van der Waals surface area contributed by atoms with Gasteiger partial charge in [-0.15, -0.1) is 0 Å². The van der Waals surface area contributed by atoms with Gasteiger partial charge in [0.2, 0.25) is 5.76 Å². The van der Waals surface area contributed by atoms with Crippen LogP contribution in [0, 0.1) is 5.92 Å². The number of hydrogen-bond acceptors (Lipinski definition) is 6. The molecule has 1 heterocycles. The van der Waals surface area contributed by atoms with Crippen LogP contribution in [0.15, 0.2) is 16.5 Å². The predicted octanol–water partition coefficient (Wildman–Crippen LogP) is 1.38. The van der Waals surface area contributed by atoms with E-state index in [4.69, 9.17) is 9.15 Å². The molecule has 1 unspecified atom stereocenters. The number of methoxy groups -OCH3 is 1. The van der Waals surface area contributed by atoms with Gasteiger partial charge < -0.3 is 13.9 Å². The molecule has 0 aliphatic rings. The topological polar surface area (TPSA) is 82.8 Å². The number of esters is 2. The van der Waals surface area contributed by atoms with Gasteiger partial charge in [0.15, 0.2) is 0 Å². The molecule has 0 radical (unpaired) electrons. The molecule has 6 nitrogen and oxygen atoms in total. The molecule has 0 aliphatic heterocycles. The molecule has 0 saturated heterocycles. The van der Waals surface area contributed by atoms with Gasteiger partial charge in [-0.25, -0.2) is 4.79 Å². The Kier molecular flexibility index (Phi) is 5.29. The zero-order chi connectivity index (χ0) is 14.4. The van der Waals surface area contributed by atoms with Crippen molar-refractivity contribution >= 4 is 17.7 Å². The Morgan fingerprint density at radius 2 is 2.00 bits per heavy atom. The van der Waals surface area contributed by atoms with Gasteiger partial charge in [-0.05, 0) is 26.0 Å². The van der Waals surface area contributed by atoms with Gasteiger partial charge in [-0.3, -0.25) is 9.59 Å². The van der Waals surface area contributed by atoms with Crippen molar-refractivity contribution in [2.24, 2.45) is 5.92 Å². The first-order valence-electron chi connectivity index (χ1n) is 5.83. The highest BCUT2D eigenvalue weighted by Gasteiger charge is 2.26. The fourth-order valence-corrected chi connectivity index (χ4v) is 1.53. The summed E-state index contributed by atoms with van der Waals surface area (Å²) < 4.78 is 14.5. The van der Waals surface area contributed by atoms with Crippen molar-refractivity contribution in [3.63, 3.8) is 0 Å². The SMILES string of the molecule is CCOC(=O)C(Cc1ccc(C(=O)OC)o1)C(C)=O. The second kappa shape index (κ2) is 6.72. The van der Waals surface area contributed by atoms with Crippen LogP contribution < -0.4 is 0 Å². The first-order chi connectivity index (χ1) is 8.99. The fraction of sp³-hybridized carbons (Fsp3) is 0.462. The standard InChI is InChI=1S/C13H16O6/c1-4-18-12(15)10(8(2)14)7-9-5-6-11(19-9)13(16)17-3/h5-6,10H,4,7H2,1-3H3. The second-order valence-electron chi connectivity index (χ2n) is 3.88. The number of carbonyl (C=O) groups is 3. The molecule has 0 aliphatic carbocycles. The first kappa shape index (κ1) is 14.9. The summed E-state index contributed by atoms with van der Waals surface area (Å²) in [5, 5.41) is 0. The van der Waals surface area contributed by atoms with E-state index < -0.39 is 17.9 Å². The van der Waals surface area contributed by atoms with Gasteiger partial charge in [0.1, 0.15) is 17.5 Å². The minimum Gasteiger partial charge on any atom is -0.465 e. The van der Waals surface area contributed by atoms with E-state index in [2.05, 4.69) is 4.74 Å². The van der Waals surface area contributed by atoms with Crippen LogP contribution >= 0.6 is 0 Å². The number of carbonyl (C=O) groups excluding carboxylic acids is 3. The third-order valence-electron chi connectivity index (χ3n) is 2.52. The first-order valence-corrected chi connectivity index (χ1v) is 5.83. The molecular weight excluding hydrogens is 252 g/mol. The molecule has 0 saturated carbocycles. The summed E-state index contributed by atoms with van der Waals surface area (Å²) in [5.41, 5.74) is 0. The Morgan fingerprint density at radius 1 is 1.32 bits per heavy atom. The maximum Gasteiger partial charge on any atom is 0.373 e. The molecule has 1 aromatic heterocycles. The van der Waals surface area contributed by atoms with Gasteiger partial charge in [-0.2, -0.15) is 0 Å². The highest BCUT2D eigenvalue weighted by atomic mass is 16.5. The van der Waals surface area contributed by atoms with Crippen LogP contribution in [-0.2, 0) is 25.5 Å². The average molecular weight is 268 g/mol. The maximum atomic E-state index is 11.6. The van der Waals surface area contributed by atoms with Gasteiger partial charge >= 0.3 is 11.9 Å². The summed E-state index contributed by atoms with van der Waals surface area (Å²) in [6.45, 7) is 3.18. The minimum atomic E-state index is -0.920. The number of ether oxygens (including phenoxy) is 2. The summed E-state index contributed by atoms with van der Waals surface area (Å²) in [4.78, 5) is 34.2. The molecule has 6 heteroatoms. The summed E-state index contributed by atoms with van der Waals surface area (Å²) in [5.74, 6) is -2.05. The number of rotatable bonds is 6. The summed E-state index contributed by atoms with van der Waals surface area (Å²) >= 11 is 0. The summed E-state index contributed by atoms with van der Waals surface area (Å²) in [7, 11) is 1.24. The van der Waals surface area contributed by atoms with E-state index in [9.17, 15) is 14.4 Å². The quantitative estimate of drug-likeness (QED) is 0.572. The van der Waals surface area contributed by atoms with Crippen LogP contribution in [0.3, 0.4) is 0 Å². The smallest absolute Gasteiger partial charge is 0.373 e. The van der Waals surface area contributed by atoms with Crippen molar-refractivity contribution in [3.8, 4) is 0 Å². The molecular formula is C13H16O6. The lowest BCUT2D eigenvalue weighted by Gasteiger charge is -2.10. The molecule has 1 aromatic rings. The van der Waals surface area contributed by atoms with Crippen molar-refractivity contribution in [2.75, 3.05) is 13.7 Å². The Balaban J connectivity index is 2.80. The van der Waals surface area contributed by atoms with E-state index in [0.717, 1.165) is 0 Å². The highest BCUT2D eigenvalue weighted by molar-refractivity contribution is 5.98. The second-order valence-corrected chi connectivity index (χ2v) is 3.88. The van der Waals surface area contributed by atoms with Crippen LogP contribution in [0.25, 0.3) is 0 Å². The van der Waals surface area contributed by atoms with E-state index in [1.54, 1.807) is 6.92 Å². The molecule has 0 amide bonds. The van der Waals surface area contributed by atoms with Gasteiger partial charge in [0.05, 0.1) is 13.7 Å². The monoisotopic (exact) mass is 268 g/mol. The van der Waals surface area contributed by atoms with E-state index in [1.165, 1.54) is 26.2 Å². The molecule has 0 N–H and O–H groups in total. The van der Waals surface area contributed by atoms with E-state index in [1.807, 2.05) is 0 Å². The summed E-state index contributed by atoms with van der Waals surface area (Å²) in [6.07, 6.45) is 0.0607. The van der Waals surface area contributed by atoms with E-state index >= 15 is 0 Å². The molecule has 0 spiro atoms. The lowest BCUT2D eigenvalue weighted by molar-refractivity contribution is -0.151. The lowest BCUT2D eigenvalue weighted by atomic mass is 10.00. The van der Waals surface area contributed by atoms with Crippen LogP contribution in [0.5, 0.6) is 0 Å². The Bertz CT molecular complexity index is 473. The zero-order valence-corrected chi connectivity index (χ0v) is 11.1. The van der Waals surface area contributed by atoms with Crippen molar-refractivity contribution < 1.29 is 28.3 Å². The Hall–Kier alpha value is -2.11. The molecule has 1 atom stereocenters. The summed E-state index contributed by atoms with van der Waals surface area (Å²) in [6, 6.07) is 2.96. The molecule has 0 bridgehead atoms. The van der Waals surface area contributed by atoms with Crippen molar-refractivity contribution in [1.29, 1.82) is 0 Å². The molecule has 104 valence electrons. The number of Topliss-reactive ketones (excluding diaryl/α,β-unsaturated/α-hetero) is 1. The molecule has 0 aromatic carbocycles. The average Bonchev–Trinajstić information content (AvgIpc) is 2.83. The maximum absolute atomic E-state index is 11.6. The van der Waals surface area contributed by atoms with Crippen molar-refractivity contribution in [1.82, 2.24) is 0 Å². The van der Waals surface area contributed by atoms with Crippen molar-refractivity contribution in [2.45, 2.75) is 20.3 Å². The van der Waals surface area contributed by atoms with E-state index in [-0.39, 0.29) is 24.6 Å². The number of furan rings is 1. The van der Waals surface area contributed by atoms with Crippen molar-refractivity contribution in [3.05, 3.63) is 23.7 Å². The fourth-order valence-electron chi connectivity index (χ4n) is 1.53.